The molecule has 2 aliphatic carbocycles. The van der Waals surface area contributed by atoms with Gasteiger partial charge >= 0.3 is 11.9 Å². The first kappa shape index (κ1) is 27.5. The summed E-state index contributed by atoms with van der Waals surface area (Å²) in [4.78, 5) is 51.7. The first-order valence-electron chi connectivity index (χ1n) is 14.4. The van der Waals surface area contributed by atoms with Gasteiger partial charge in [0.15, 0.2) is 11.2 Å². The first-order valence-corrected chi connectivity index (χ1v) is 14.4. The fraction of sp³-hybridized carbons (Fsp3) is 0.515. The van der Waals surface area contributed by atoms with Crippen molar-refractivity contribution in [2.45, 2.75) is 84.8 Å². The van der Waals surface area contributed by atoms with Crippen LogP contribution >= 0.6 is 0 Å². The van der Waals surface area contributed by atoms with Crippen LogP contribution in [0.1, 0.15) is 78.4 Å². The minimum Gasteiger partial charge on any atom is -0.448 e. The van der Waals surface area contributed by atoms with Gasteiger partial charge in [0.05, 0.1) is 10.8 Å². The topological polar surface area (TPSA) is 111 Å². The van der Waals surface area contributed by atoms with Crippen molar-refractivity contribution in [3.05, 3.63) is 59.7 Å². The molecule has 2 aromatic carbocycles. The predicted molar refractivity (Wildman–Crippen MR) is 153 cm³/mol. The summed E-state index contributed by atoms with van der Waals surface area (Å²) in [5.74, 6) is -1.14. The van der Waals surface area contributed by atoms with Gasteiger partial charge in [0.1, 0.15) is 0 Å². The number of anilines is 2. The molecule has 6 rings (SSSR count). The zero-order valence-corrected chi connectivity index (χ0v) is 24.6. The summed E-state index contributed by atoms with van der Waals surface area (Å²) < 4.78 is 11.4. The Bertz CT molecular complexity index is 1370. The number of esters is 2. The van der Waals surface area contributed by atoms with Crippen molar-refractivity contribution in [1.82, 2.24) is 0 Å². The van der Waals surface area contributed by atoms with Gasteiger partial charge in [-0.15, -0.1) is 0 Å². The Morgan fingerprint density at radius 2 is 0.951 bits per heavy atom. The van der Waals surface area contributed by atoms with Crippen LogP contribution in [0.3, 0.4) is 0 Å². The van der Waals surface area contributed by atoms with E-state index in [-0.39, 0.29) is 23.8 Å². The van der Waals surface area contributed by atoms with E-state index in [4.69, 9.17) is 9.47 Å². The number of ether oxygens (including phenoxy) is 2. The molecule has 41 heavy (non-hydrogen) atoms. The quantitative estimate of drug-likeness (QED) is 0.460. The lowest BCUT2D eigenvalue weighted by Gasteiger charge is -2.35. The molecule has 4 atom stereocenters. The van der Waals surface area contributed by atoms with Crippen molar-refractivity contribution in [2.24, 2.45) is 21.7 Å². The van der Waals surface area contributed by atoms with Crippen molar-refractivity contribution in [2.75, 3.05) is 10.6 Å². The van der Waals surface area contributed by atoms with Gasteiger partial charge in [0, 0.05) is 22.2 Å². The highest BCUT2D eigenvalue weighted by atomic mass is 16.6. The third-order valence-electron chi connectivity index (χ3n) is 11.7. The van der Waals surface area contributed by atoms with E-state index >= 15 is 0 Å². The summed E-state index contributed by atoms with van der Waals surface area (Å²) in [6.45, 7) is 11.6. The van der Waals surface area contributed by atoms with Crippen LogP contribution in [0.15, 0.2) is 48.5 Å². The van der Waals surface area contributed by atoms with Gasteiger partial charge in [-0.05, 0) is 81.3 Å². The molecule has 216 valence electrons. The molecule has 2 aliphatic heterocycles. The van der Waals surface area contributed by atoms with E-state index in [2.05, 4.69) is 10.6 Å². The minimum absolute atomic E-state index is 0.278. The van der Waals surface area contributed by atoms with Crippen molar-refractivity contribution in [1.29, 1.82) is 0 Å². The fourth-order valence-electron chi connectivity index (χ4n) is 7.61. The molecule has 2 amide bonds. The number of carbonyl (C=O) groups is 4. The maximum Gasteiger partial charge on any atom is 0.313 e. The lowest BCUT2D eigenvalue weighted by atomic mass is 9.66. The van der Waals surface area contributed by atoms with Crippen LogP contribution in [0.2, 0.25) is 0 Å². The van der Waals surface area contributed by atoms with E-state index in [0.29, 0.717) is 43.5 Å². The molecule has 4 aliphatic rings. The molecule has 0 unspecified atom stereocenters. The highest BCUT2D eigenvalue weighted by Crippen LogP contribution is 2.66. The van der Waals surface area contributed by atoms with Gasteiger partial charge in [0.25, 0.3) is 11.8 Å². The smallest absolute Gasteiger partial charge is 0.313 e. The number of hydrogen-bond acceptors (Lipinski definition) is 6. The Morgan fingerprint density at radius 1 is 0.610 bits per heavy atom. The molecule has 0 spiro atoms. The summed E-state index contributed by atoms with van der Waals surface area (Å²) in [5.41, 5.74) is -1.38. The van der Waals surface area contributed by atoms with Crippen molar-refractivity contribution < 1.29 is 28.7 Å². The second-order valence-electron chi connectivity index (χ2n) is 13.8. The Kier molecular flexibility index (Phi) is 5.65. The second kappa shape index (κ2) is 8.43. The summed E-state index contributed by atoms with van der Waals surface area (Å²) in [7, 11) is 0. The maximum absolute atomic E-state index is 13.3. The molecule has 2 aromatic rings. The van der Waals surface area contributed by atoms with E-state index in [1.807, 2.05) is 90.1 Å². The maximum atomic E-state index is 13.3. The number of benzene rings is 2. The van der Waals surface area contributed by atoms with Crippen LogP contribution in [-0.4, -0.2) is 35.0 Å². The number of nitrogens with one attached hydrogen (secondary N) is 2. The lowest BCUT2D eigenvalue weighted by Crippen LogP contribution is -2.50. The Morgan fingerprint density at radius 3 is 1.22 bits per heavy atom. The van der Waals surface area contributed by atoms with Crippen LogP contribution in [0, 0.1) is 21.7 Å². The zero-order valence-electron chi connectivity index (χ0n) is 24.6. The van der Waals surface area contributed by atoms with Crippen LogP contribution in [0.4, 0.5) is 11.4 Å². The van der Waals surface area contributed by atoms with Crippen molar-refractivity contribution >= 4 is 35.1 Å². The van der Waals surface area contributed by atoms with Gasteiger partial charge < -0.3 is 20.1 Å². The van der Waals surface area contributed by atoms with Crippen LogP contribution in [0.5, 0.6) is 0 Å². The van der Waals surface area contributed by atoms with Gasteiger partial charge in [-0.25, -0.2) is 0 Å². The number of rotatable bonds is 6. The normalized spacial score (nSPS) is 33.8. The third-order valence-corrected chi connectivity index (χ3v) is 11.7. The molecule has 4 fully saturated rings. The molecule has 0 radical (unpaired) electrons. The van der Waals surface area contributed by atoms with Crippen LogP contribution < -0.4 is 10.6 Å². The number of hydrogen-bond donors (Lipinski definition) is 2. The monoisotopic (exact) mass is 558 g/mol. The Balaban J connectivity index is 1.08. The lowest BCUT2D eigenvalue weighted by molar-refractivity contribution is -0.166. The predicted octanol–water partition coefficient (Wildman–Crippen LogP) is 5.40. The summed E-state index contributed by atoms with van der Waals surface area (Å²) in [6, 6.07) is 15.3. The molecule has 2 heterocycles. The van der Waals surface area contributed by atoms with Gasteiger partial charge in [-0.3, -0.25) is 19.2 Å². The largest absolute Gasteiger partial charge is 0.448 e. The molecular formula is C33H38N2O6. The second-order valence-corrected chi connectivity index (χ2v) is 13.8. The molecular weight excluding hydrogens is 520 g/mol. The number of fused-ring (bicyclic) bond motifs is 4. The Labute approximate surface area is 240 Å². The highest BCUT2D eigenvalue weighted by Gasteiger charge is 2.76. The van der Waals surface area contributed by atoms with Crippen molar-refractivity contribution in [3.63, 3.8) is 0 Å². The summed E-state index contributed by atoms with van der Waals surface area (Å²) in [5, 5.41) is 5.94. The van der Waals surface area contributed by atoms with E-state index in [9.17, 15) is 19.2 Å². The van der Waals surface area contributed by atoms with Crippen molar-refractivity contribution in [3.8, 4) is 0 Å². The van der Waals surface area contributed by atoms with Gasteiger partial charge in [-0.2, -0.15) is 0 Å². The van der Waals surface area contributed by atoms with Crippen LogP contribution in [0.25, 0.3) is 0 Å². The van der Waals surface area contributed by atoms with Gasteiger partial charge in [-0.1, -0.05) is 52.0 Å². The third kappa shape index (κ3) is 3.39. The molecule has 8 heteroatoms. The zero-order chi connectivity index (χ0) is 29.6. The average Bonchev–Trinajstić information content (AvgIpc) is 3.39. The molecule has 2 saturated heterocycles. The SMILES string of the molecule is CC1(C)[C@@]2(C(=O)Nc3ccc(Cc4ccc(NC(=O)[C@]56CC[C@](C)(C(=O)O5)C6(C)C)cc4)cc3)CC[C@]1(C)C(=O)O2. The fourth-order valence-corrected chi connectivity index (χ4v) is 7.61. The van der Waals surface area contributed by atoms with Crippen LogP contribution in [-0.2, 0) is 35.1 Å². The summed E-state index contributed by atoms with van der Waals surface area (Å²) >= 11 is 0. The van der Waals surface area contributed by atoms with Gasteiger partial charge in [0.2, 0.25) is 0 Å². The molecule has 0 aromatic heterocycles. The molecule has 4 bridgehead atoms. The first-order chi connectivity index (χ1) is 19.1. The number of carbonyl (C=O) groups excluding carboxylic acids is 4. The average molecular weight is 559 g/mol. The minimum atomic E-state index is -1.15. The molecule has 2 N–H and O–H groups in total. The molecule has 2 saturated carbocycles. The summed E-state index contributed by atoms with van der Waals surface area (Å²) in [6.07, 6.45) is 2.99. The van der Waals surface area contributed by atoms with E-state index in [0.717, 1.165) is 11.1 Å². The van der Waals surface area contributed by atoms with E-state index in [1.165, 1.54) is 0 Å². The standard InChI is InChI=1S/C33H38N2O6/c1-28(2)30(5)15-17-32(28,40-26(30)38)24(36)34-22-11-7-20(8-12-22)19-21-9-13-23(14-10-21)35-25(37)33-18-16-31(6,27(39)41-33)29(33,3)4/h7-14H,15-19H2,1-6H3,(H,34,36)(H,35,37)/t30-,31-,32+,33+/m1/s1. The molecule has 8 nitrogen and oxygen atoms in total. The van der Waals surface area contributed by atoms with E-state index in [1.54, 1.807) is 0 Å². The van der Waals surface area contributed by atoms with E-state index < -0.39 is 32.9 Å². The Hall–Kier alpha value is -3.68. The highest BCUT2D eigenvalue weighted by molar-refractivity contribution is 6.04. The number of amides is 2.